The Labute approximate surface area is 99.4 Å². The van der Waals surface area contributed by atoms with E-state index in [-0.39, 0.29) is 0 Å². The summed E-state index contributed by atoms with van der Waals surface area (Å²) in [7, 11) is 0. The summed E-state index contributed by atoms with van der Waals surface area (Å²) in [5, 5.41) is 11.5. The number of aliphatic carboxylic acids is 1. The van der Waals surface area contributed by atoms with Gasteiger partial charge in [0.15, 0.2) is 6.04 Å². The molecule has 1 atom stereocenters. The van der Waals surface area contributed by atoms with Gasteiger partial charge in [-0.05, 0) is 33.6 Å². The zero-order valence-corrected chi connectivity index (χ0v) is 9.75. The minimum atomic E-state index is -1.13. The number of carbonyl (C=O) groups is 2. The first-order valence-corrected chi connectivity index (χ1v) is 5.11. The predicted octanol–water partition coefficient (Wildman–Crippen LogP) is 1.97. The quantitative estimate of drug-likeness (QED) is 0.834. The predicted molar refractivity (Wildman–Crippen MR) is 58.7 cm³/mol. The molecule has 0 aromatic heterocycles. The molecule has 15 heavy (non-hydrogen) atoms. The first kappa shape index (κ1) is 12.0. The number of halogens is 2. The van der Waals surface area contributed by atoms with Gasteiger partial charge in [-0.3, -0.25) is 4.79 Å². The number of carboxylic acids is 1. The molecular formula is C9H7BrClNO3. The molecule has 1 rings (SSSR count). The second-order valence-corrected chi connectivity index (χ2v) is 3.99. The Bertz CT molecular complexity index is 397. The van der Waals surface area contributed by atoms with Crippen molar-refractivity contribution in [3.63, 3.8) is 0 Å². The van der Waals surface area contributed by atoms with Crippen LogP contribution >= 0.6 is 27.5 Å². The van der Waals surface area contributed by atoms with E-state index in [4.69, 9.17) is 16.7 Å². The molecule has 0 spiro atoms. The first-order chi connectivity index (χ1) is 7.06. The van der Waals surface area contributed by atoms with Crippen LogP contribution in [0, 0.1) is 0 Å². The monoisotopic (exact) mass is 291 g/mol. The van der Waals surface area contributed by atoms with Gasteiger partial charge in [0.05, 0.1) is 5.02 Å². The number of carbonyl (C=O) groups excluding carboxylic acids is 1. The highest BCUT2D eigenvalue weighted by molar-refractivity contribution is 9.10. The molecule has 0 bridgehead atoms. The summed E-state index contributed by atoms with van der Waals surface area (Å²) >= 11 is 8.93. The molecule has 0 aliphatic heterocycles. The lowest BCUT2D eigenvalue weighted by atomic mass is 10.1. The van der Waals surface area contributed by atoms with Crippen molar-refractivity contribution in [2.24, 2.45) is 0 Å². The third-order valence-electron chi connectivity index (χ3n) is 1.76. The van der Waals surface area contributed by atoms with Gasteiger partial charge in [-0.2, -0.15) is 0 Å². The highest BCUT2D eigenvalue weighted by Crippen LogP contribution is 2.26. The Morgan fingerprint density at radius 3 is 2.73 bits per heavy atom. The topological polar surface area (TPSA) is 66.4 Å². The number of nitrogens with one attached hydrogen (secondary N) is 1. The fourth-order valence-electron chi connectivity index (χ4n) is 1.07. The van der Waals surface area contributed by atoms with Crippen molar-refractivity contribution >= 4 is 39.9 Å². The van der Waals surface area contributed by atoms with Crippen LogP contribution in [-0.4, -0.2) is 17.5 Å². The second kappa shape index (κ2) is 5.14. The summed E-state index contributed by atoms with van der Waals surface area (Å²) in [5.74, 6) is -1.13. The van der Waals surface area contributed by atoms with E-state index in [0.717, 1.165) is 0 Å². The Hall–Kier alpha value is -1.07. The van der Waals surface area contributed by atoms with Gasteiger partial charge in [0, 0.05) is 4.47 Å². The zero-order valence-electron chi connectivity index (χ0n) is 7.41. The van der Waals surface area contributed by atoms with Crippen molar-refractivity contribution in [2.45, 2.75) is 6.04 Å². The van der Waals surface area contributed by atoms with Crippen LogP contribution in [0.5, 0.6) is 0 Å². The molecular weight excluding hydrogens is 285 g/mol. The van der Waals surface area contributed by atoms with Crippen molar-refractivity contribution in [2.75, 3.05) is 0 Å². The summed E-state index contributed by atoms with van der Waals surface area (Å²) in [6, 6.07) is 3.60. The third-order valence-corrected chi connectivity index (χ3v) is 2.97. The maximum Gasteiger partial charge on any atom is 0.330 e. The molecule has 0 saturated heterocycles. The molecule has 1 amide bonds. The SMILES string of the molecule is O=CNC(C(=O)O)c1ccc(Cl)c(Br)c1. The third kappa shape index (κ3) is 2.94. The molecule has 1 aromatic carbocycles. The van der Waals surface area contributed by atoms with E-state index in [1.165, 1.54) is 0 Å². The number of benzene rings is 1. The van der Waals surface area contributed by atoms with Gasteiger partial charge in [-0.15, -0.1) is 0 Å². The lowest BCUT2D eigenvalue weighted by molar-refractivity contribution is -0.140. The fraction of sp³-hybridized carbons (Fsp3) is 0.111. The van der Waals surface area contributed by atoms with E-state index < -0.39 is 12.0 Å². The molecule has 0 radical (unpaired) electrons. The summed E-state index contributed by atoms with van der Waals surface area (Å²) in [6.07, 6.45) is 0.349. The van der Waals surface area contributed by atoms with E-state index in [9.17, 15) is 9.59 Å². The van der Waals surface area contributed by atoms with Gasteiger partial charge in [0.25, 0.3) is 0 Å². The Kier molecular flexibility index (Phi) is 4.11. The normalized spacial score (nSPS) is 11.9. The van der Waals surface area contributed by atoms with Crippen molar-refractivity contribution < 1.29 is 14.7 Å². The molecule has 0 saturated carbocycles. The first-order valence-electron chi connectivity index (χ1n) is 3.93. The van der Waals surface area contributed by atoms with Gasteiger partial charge in [0.1, 0.15) is 0 Å². The van der Waals surface area contributed by atoms with Gasteiger partial charge in [-0.1, -0.05) is 17.7 Å². The van der Waals surface area contributed by atoms with Crippen molar-refractivity contribution in [1.82, 2.24) is 5.32 Å². The van der Waals surface area contributed by atoms with Crippen LogP contribution in [0.25, 0.3) is 0 Å². The Morgan fingerprint density at radius 2 is 2.27 bits per heavy atom. The fourth-order valence-corrected chi connectivity index (χ4v) is 1.58. The average molecular weight is 293 g/mol. The van der Waals surface area contributed by atoms with Gasteiger partial charge in [-0.25, -0.2) is 4.79 Å². The summed E-state index contributed by atoms with van der Waals surface area (Å²) in [6.45, 7) is 0. The Morgan fingerprint density at radius 1 is 1.60 bits per heavy atom. The number of hydrogen-bond donors (Lipinski definition) is 2. The van der Waals surface area contributed by atoms with Crippen LogP contribution in [0.15, 0.2) is 22.7 Å². The van der Waals surface area contributed by atoms with Crippen molar-refractivity contribution in [3.8, 4) is 0 Å². The molecule has 80 valence electrons. The zero-order chi connectivity index (χ0) is 11.4. The highest BCUT2D eigenvalue weighted by Gasteiger charge is 2.19. The van der Waals surface area contributed by atoms with Crippen molar-refractivity contribution in [3.05, 3.63) is 33.3 Å². The van der Waals surface area contributed by atoms with Crippen molar-refractivity contribution in [1.29, 1.82) is 0 Å². The molecule has 0 fully saturated rings. The van der Waals surface area contributed by atoms with Crippen LogP contribution < -0.4 is 5.32 Å². The van der Waals surface area contributed by atoms with Gasteiger partial charge >= 0.3 is 5.97 Å². The Balaban J connectivity index is 3.06. The molecule has 1 unspecified atom stereocenters. The summed E-state index contributed by atoms with van der Waals surface area (Å²) < 4.78 is 0.584. The maximum absolute atomic E-state index is 10.8. The molecule has 6 heteroatoms. The van der Waals surface area contributed by atoms with Crippen LogP contribution in [0.3, 0.4) is 0 Å². The second-order valence-electron chi connectivity index (χ2n) is 2.73. The number of rotatable bonds is 4. The summed E-state index contributed by atoms with van der Waals surface area (Å²) in [5.41, 5.74) is 0.450. The molecule has 2 N–H and O–H groups in total. The van der Waals surface area contributed by atoms with Gasteiger partial charge < -0.3 is 10.4 Å². The minimum absolute atomic E-state index is 0.349. The molecule has 4 nitrogen and oxygen atoms in total. The maximum atomic E-state index is 10.8. The van der Waals surface area contributed by atoms with Gasteiger partial charge in [0.2, 0.25) is 6.41 Å². The number of carboxylic acid groups (broad SMARTS) is 1. The van der Waals surface area contributed by atoms with Crippen LogP contribution in [-0.2, 0) is 9.59 Å². The summed E-state index contributed by atoms with van der Waals surface area (Å²) in [4.78, 5) is 21.0. The molecule has 0 aliphatic carbocycles. The molecule has 1 aromatic rings. The van der Waals surface area contributed by atoms with Crippen LogP contribution in [0.2, 0.25) is 5.02 Å². The van der Waals surface area contributed by atoms with E-state index in [2.05, 4.69) is 21.2 Å². The average Bonchev–Trinajstić information content (AvgIpc) is 2.18. The smallest absolute Gasteiger partial charge is 0.330 e. The lowest BCUT2D eigenvalue weighted by Gasteiger charge is -2.11. The minimum Gasteiger partial charge on any atom is -0.479 e. The van der Waals surface area contributed by atoms with E-state index in [0.29, 0.717) is 21.5 Å². The lowest BCUT2D eigenvalue weighted by Crippen LogP contribution is -2.27. The van der Waals surface area contributed by atoms with E-state index in [1.807, 2.05) is 0 Å². The van der Waals surface area contributed by atoms with E-state index >= 15 is 0 Å². The molecule has 0 heterocycles. The number of hydrogen-bond acceptors (Lipinski definition) is 2. The number of amides is 1. The van der Waals surface area contributed by atoms with Crippen LogP contribution in [0.4, 0.5) is 0 Å². The van der Waals surface area contributed by atoms with Crippen LogP contribution in [0.1, 0.15) is 11.6 Å². The molecule has 0 aliphatic rings. The largest absolute Gasteiger partial charge is 0.479 e. The standard InChI is InChI=1S/C9H7BrClNO3/c10-6-3-5(1-2-7(6)11)8(9(14)15)12-4-13/h1-4,8H,(H,12,13)(H,14,15). The highest BCUT2D eigenvalue weighted by atomic mass is 79.9. The van der Waals surface area contributed by atoms with E-state index in [1.54, 1.807) is 18.2 Å².